The Morgan fingerprint density at radius 2 is 1.89 bits per heavy atom. The minimum atomic E-state index is -0.269. The molecular weight excluding hydrogens is 240 g/mol. The second-order valence-corrected chi connectivity index (χ2v) is 5.94. The van der Waals surface area contributed by atoms with Crippen LogP contribution in [0.25, 0.3) is 0 Å². The van der Waals surface area contributed by atoms with Crippen LogP contribution in [-0.4, -0.2) is 18.7 Å². The van der Waals surface area contributed by atoms with Crippen molar-refractivity contribution in [2.75, 3.05) is 12.4 Å². The van der Waals surface area contributed by atoms with Crippen LogP contribution < -0.4 is 15.4 Å². The van der Waals surface area contributed by atoms with Gasteiger partial charge >= 0.3 is 6.03 Å². The number of methoxy groups -OCH3 is 1. The van der Waals surface area contributed by atoms with Gasteiger partial charge in [-0.25, -0.2) is 4.79 Å². The number of nitrogens with one attached hydrogen (secondary N) is 2. The molecule has 19 heavy (non-hydrogen) atoms. The van der Waals surface area contributed by atoms with E-state index in [0.717, 1.165) is 0 Å². The Balaban J connectivity index is 2.86. The highest BCUT2D eigenvalue weighted by molar-refractivity contribution is 5.91. The van der Waals surface area contributed by atoms with Gasteiger partial charge in [0.25, 0.3) is 0 Å². The first-order valence-electron chi connectivity index (χ1n) is 6.50. The third-order valence-corrected chi connectivity index (χ3v) is 2.63. The van der Waals surface area contributed by atoms with Crippen LogP contribution in [0.15, 0.2) is 18.2 Å². The van der Waals surface area contributed by atoms with Gasteiger partial charge in [-0.3, -0.25) is 0 Å². The zero-order chi connectivity index (χ0) is 14.6. The minimum absolute atomic E-state index is 0.233. The SMILES string of the molecule is COc1cc(C(C)C)ccc1NC(=O)NC(C)(C)C. The Morgan fingerprint density at radius 3 is 2.37 bits per heavy atom. The summed E-state index contributed by atoms with van der Waals surface area (Å²) in [5, 5.41) is 5.66. The molecule has 0 fully saturated rings. The van der Waals surface area contributed by atoms with Gasteiger partial charge in [-0.1, -0.05) is 19.9 Å². The molecule has 0 saturated carbocycles. The molecule has 0 saturated heterocycles. The number of urea groups is 1. The van der Waals surface area contributed by atoms with Gasteiger partial charge in [0.1, 0.15) is 5.75 Å². The van der Waals surface area contributed by atoms with E-state index in [1.165, 1.54) is 5.56 Å². The summed E-state index contributed by atoms with van der Waals surface area (Å²) in [4.78, 5) is 11.8. The molecule has 0 aromatic heterocycles. The van der Waals surface area contributed by atoms with E-state index in [1.807, 2.05) is 39.0 Å². The molecule has 4 heteroatoms. The van der Waals surface area contributed by atoms with Crippen LogP contribution in [-0.2, 0) is 0 Å². The van der Waals surface area contributed by atoms with Crippen LogP contribution in [0.1, 0.15) is 46.1 Å². The first-order chi connectivity index (χ1) is 8.73. The predicted molar refractivity (Wildman–Crippen MR) is 79.0 cm³/mol. The molecule has 0 aliphatic heterocycles. The molecule has 0 heterocycles. The molecule has 2 amide bonds. The van der Waals surface area contributed by atoms with Crippen LogP contribution in [0.3, 0.4) is 0 Å². The zero-order valence-electron chi connectivity index (χ0n) is 12.6. The number of hydrogen-bond acceptors (Lipinski definition) is 2. The second-order valence-electron chi connectivity index (χ2n) is 5.94. The highest BCUT2D eigenvalue weighted by Gasteiger charge is 2.15. The Morgan fingerprint density at radius 1 is 1.26 bits per heavy atom. The summed E-state index contributed by atoms with van der Waals surface area (Å²) in [5.41, 5.74) is 1.59. The van der Waals surface area contributed by atoms with Crippen molar-refractivity contribution in [3.05, 3.63) is 23.8 Å². The molecule has 0 unspecified atom stereocenters. The quantitative estimate of drug-likeness (QED) is 0.873. The van der Waals surface area contributed by atoms with E-state index in [-0.39, 0.29) is 11.6 Å². The molecule has 0 aliphatic carbocycles. The van der Waals surface area contributed by atoms with Gasteiger partial charge < -0.3 is 15.4 Å². The number of amides is 2. The topological polar surface area (TPSA) is 50.4 Å². The van der Waals surface area contributed by atoms with Crippen molar-refractivity contribution in [3.63, 3.8) is 0 Å². The molecule has 0 bridgehead atoms. The molecule has 1 aromatic carbocycles. The highest BCUT2D eigenvalue weighted by Crippen LogP contribution is 2.28. The molecule has 0 radical (unpaired) electrons. The number of hydrogen-bond donors (Lipinski definition) is 2. The second kappa shape index (κ2) is 5.95. The minimum Gasteiger partial charge on any atom is -0.495 e. The largest absolute Gasteiger partial charge is 0.495 e. The molecule has 106 valence electrons. The maximum atomic E-state index is 11.8. The fourth-order valence-corrected chi connectivity index (χ4v) is 1.66. The highest BCUT2D eigenvalue weighted by atomic mass is 16.5. The molecule has 0 aliphatic rings. The Labute approximate surface area is 115 Å². The third kappa shape index (κ3) is 4.81. The number of carbonyl (C=O) groups excluding carboxylic acids is 1. The number of anilines is 1. The van der Waals surface area contributed by atoms with Crippen molar-refractivity contribution in [1.82, 2.24) is 5.32 Å². The van der Waals surface area contributed by atoms with E-state index in [9.17, 15) is 4.79 Å². The van der Waals surface area contributed by atoms with Crippen LogP contribution in [0.5, 0.6) is 5.75 Å². The van der Waals surface area contributed by atoms with Gasteiger partial charge in [0.05, 0.1) is 12.8 Å². The van der Waals surface area contributed by atoms with E-state index < -0.39 is 0 Å². The summed E-state index contributed by atoms with van der Waals surface area (Å²) in [6.45, 7) is 10.0. The van der Waals surface area contributed by atoms with Crippen molar-refractivity contribution in [1.29, 1.82) is 0 Å². The standard InChI is InChI=1S/C15H24N2O2/c1-10(2)11-7-8-12(13(9-11)19-6)16-14(18)17-15(3,4)5/h7-10H,1-6H3,(H2,16,17,18). The number of carbonyl (C=O) groups is 1. The number of ether oxygens (including phenoxy) is 1. The number of rotatable bonds is 3. The molecule has 1 aromatic rings. The first kappa shape index (κ1) is 15.3. The summed E-state index contributed by atoms with van der Waals surface area (Å²) in [5.74, 6) is 1.10. The lowest BCUT2D eigenvalue weighted by atomic mass is 10.0. The van der Waals surface area contributed by atoms with Gasteiger partial charge in [0.15, 0.2) is 0 Å². The van der Waals surface area contributed by atoms with E-state index in [1.54, 1.807) is 7.11 Å². The van der Waals surface area contributed by atoms with Crippen molar-refractivity contribution in [3.8, 4) is 5.75 Å². The van der Waals surface area contributed by atoms with Crippen molar-refractivity contribution in [2.45, 2.75) is 46.1 Å². The smallest absolute Gasteiger partial charge is 0.319 e. The van der Waals surface area contributed by atoms with E-state index in [0.29, 0.717) is 17.4 Å². The average Bonchev–Trinajstić information content (AvgIpc) is 2.26. The summed E-state index contributed by atoms with van der Waals surface area (Å²) >= 11 is 0. The predicted octanol–water partition coefficient (Wildman–Crippen LogP) is 3.74. The normalized spacial score (nSPS) is 11.3. The monoisotopic (exact) mass is 264 g/mol. The molecule has 4 nitrogen and oxygen atoms in total. The summed E-state index contributed by atoms with van der Waals surface area (Å²) < 4.78 is 5.32. The van der Waals surface area contributed by atoms with Gasteiger partial charge in [0, 0.05) is 5.54 Å². The van der Waals surface area contributed by atoms with E-state index in [2.05, 4.69) is 24.5 Å². The molecular formula is C15H24N2O2. The Kier molecular flexibility index (Phi) is 4.81. The molecule has 0 spiro atoms. The van der Waals surface area contributed by atoms with Crippen LogP contribution in [0.4, 0.5) is 10.5 Å². The lowest BCUT2D eigenvalue weighted by Crippen LogP contribution is -2.43. The fraction of sp³-hybridized carbons (Fsp3) is 0.533. The van der Waals surface area contributed by atoms with Gasteiger partial charge in [-0.2, -0.15) is 0 Å². The van der Waals surface area contributed by atoms with E-state index >= 15 is 0 Å². The van der Waals surface area contributed by atoms with Gasteiger partial charge in [-0.05, 0) is 44.4 Å². The average molecular weight is 264 g/mol. The first-order valence-corrected chi connectivity index (χ1v) is 6.50. The maximum absolute atomic E-state index is 11.8. The Bertz CT molecular complexity index is 448. The molecule has 2 N–H and O–H groups in total. The lowest BCUT2D eigenvalue weighted by Gasteiger charge is -2.21. The molecule has 0 atom stereocenters. The zero-order valence-corrected chi connectivity index (χ0v) is 12.6. The number of benzene rings is 1. The van der Waals surface area contributed by atoms with Crippen LogP contribution in [0, 0.1) is 0 Å². The molecule has 1 rings (SSSR count). The third-order valence-electron chi connectivity index (χ3n) is 2.63. The summed E-state index contributed by atoms with van der Waals surface area (Å²) in [6, 6.07) is 5.59. The van der Waals surface area contributed by atoms with Crippen LogP contribution in [0.2, 0.25) is 0 Å². The lowest BCUT2D eigenvalue weighted by molar-refractivity contribution is 0.243. The van der Waals surface area contributed by atoms with E-state index in [4.69, 9.17) is 4.74 Å². The van der Waals surface area contributed by atoms with Crippen molar-refractivity contribution in [2.24, 2.45) is 0 Å². The van der Waals surface area contributed by atoms with Crippen LogP contribution >= 0.6 is 0 Å². The Hall–Kier alpha value is -1.71. The fourth-order valence-electron chi connectivity index (χ4n) is 1.66. The summed E-state index contributed by atoms with van der Waals surface area (Å²) in [7, 11) is 1.60. The van der Waals surface area contributed by atoms with Crippen molar-refractivity contribution < 1.29 is 9.53 Å². The maximum Gasteiger partial charge on any atom is 0.319 e. The van der Waals surface area contributed by atoms with Gasteiger partial charge in [-0.15, -0.1) is 0 Å². The van der Waals surface area contributed by atoms with Gasteiger partial charge in [0.2, 0.25) is 0 Å². The summed E-state index contributed by atoms with van der Waals surface area (Å²) in [6.07, 6.45) is 0. The van der Waals surface area contributed by atoms with Crippen molar-refractivity contribution >= 4 is 11.7 Å².